The predicted octanol–water partition coefficient (Wildman–Crippen LogP) is 2.75. The van der Waals surface area contributed by atoms with Gasteiger partial charge in [-0.2, -0.15) is 4.91 Å². The summed E-state index contributed by atoms with van der Waals surface area (Å²) in [5, 5.41) is 3.11. The van der Waals surface area contributed by atoms with Gasteiger partial charge >= 0.3 is 0 Å². The fourth-order valence-corrected chi connectivity index (χ4v) is 1.83. The van der Waals surface area contributed by atoms with Crippen LogP contribution in [0.15, 0.2) is 23.4 Å². The Hall–Kier alpha value is -1.18. The van der Waals surface area contributed by atoms with Crippen LogP contribution in [0.1, 0.15) is 29.2 Å². The van der Waals surface area contributed by atoms with Crippen LogP contribution in [-0.4, -0.2) is 0 Å². The van der Waals surface area contributed by atoms with Crippen molar-refractivity contribution in [3.05, 3.63) is 39.8 Å². The highest BCUT2D eigenvalue weighted by Gasteiger charge is 2.22. The van der Waals surface area contributed by atoms with Crippen LogP contribution in [0.2, 0.25) is 0 Å². The van der Waals surface area contributed by atoms with E-state index in [0.717, 1.165) is 18.4 Å². The third kappa shape index (κ3) is 1.04. The van der Waals surface area contributed by atoms with Crippen molar-refractivity contribution in [2.24, 2.45) is 5.18 Å². The number of hydrogen-bond acceptors (Lipinski definition) is 2. The topological polar surface area (TPSA) is 29.4 Å². The van der Waals surface area contributed by atoms with E-state index in [2.05, 4.69) is 18.2 Å². The zero-order chi connectivity index (χ0) is 8.55. The number of nitrogens with zero attached hydrogens (tertiary/aromatic N) is 1. The highest BCUT2D eigenvalue weighted by Crippen LogP contribution is 2.33. The van der Waals surface area contributed by atoms with Crippen molar-refractivity contribution in [2.75, 3.05) is 0 Å². The maximum atomic E-state index is 10.4. The maximum Gasteiger partial charge on any atom is 0.117 e. The Labute approximate surface area is 71.6 Å². The van der Waals surface area contributed by atoms with Crippen LogP contribution in [0.5, 0.6) is 0 Å². The summed E-state index contributed by atoms with van der Waals surface area (Å²) >= 11 is 0. The van der Waals surface area contributed by atoms with Gasteiger partial charge in [-0.3, -0.25) is 0 Å². The molecule has 0 aromatic heterocycles. The lowest BCUT2D eigenvalue weighted by Crippen LogP contribution is -1.87. The maximum absolute atomic E-state index is 10.4. The van der Waals surface area contributed by atoms with E-state index in [1.165, 1.54) is 11.1 Å². The van der Waals surface area contributed by atoms with Gasteiger partial charge in [0, 0.05) is 0 Å². The van der Waals surface area contributed by atoms with Gasteiger partial charge in [-0.1, -0.05) is 28.9 Å². The molecule has 0 bridgehead atoms. The van der Waals surface area contributed by atoms with Crippen LogP contribution in [0.25, 0.3) is 0 Å². The Kier molecular flexibility index (Phi) is 1.68. The highest BCUT2D eigenvalue weighted by atomic mass is 16.3. The van der Waals surface area contributed by atoms with E-state index >= 15 is 0 Å². The Morgan fingerprint density at radius 3 is 3.08 bits per heavy atom. The quantitative estimate of drug-likeness (QED) is 0.582. The van der Waals surface area contributed by atoms with E-state index < -0.39 is 0 Å². The standard InChI is InChI=1S/C10H11NO/c1-7-2-4-9-8(6-7)3-5-10(9)11-12/h2,4,6,10H,3,5H2,1H3. The van der Waals surface area contributed by atoms with Gasteiger partial charge in [0.2, 0.25) is 0 Å². The molecule has 0 aliphatic heterocycles. The van der Waals surface area contributed by atoms with Crippen LogP contribution < -0.4 is 0 Å². The van der Waals surface area contributed by atoms with Crippen molar-refractivity contribution in [1.82, 2.24) is 0 Å². The number of aryl methyl sites for hydroxylation is 2. The first kappa shape index (κ1) is 7.47. The Bertz CT molecular complexity index is 320. The van der Waals surface area contributed by atoms with E-state index in [1.54, 1.807) is 0 Å². The number of hydrogen-bond donors (Lipinski definition) is 0. The average Bonchev–Trinajstić information content (AvgIpc) is 2.46. The number of rotatable bonds is 1. The first-order valence-corrected chi connectivity index (χ1v) is 4.23. The molecule has 0 fully saturated rings. The van der Waals surface area contributed by atoms with Crippen molar-refractivity contribution in [1.29, 1.82) is 0 Å². The van der Waals surface area contributed by atoms with Crippen molar-refractivity contribution in [2.45, 2.75) is 25.8 Å². The molecule has 1 aromatic rings. The molecule has 0 radical (unpaired) electrons. The molecule has 62 valence electrons. The summed E-state index contributed by atoms with van der Waals surface area (Å²) in [5.41, 5.74) is 3.70. The van der Waals surface area contributed by atoms with Crippen LogP contribution in [0, 0.1) is 11.8 Å². The number of fused-ring (bicyclic) bond motifs is 1. The van der Waals surface area contributed by atoms with Crippen LogP contribution in [0.3, 0.4) is 0 Å². The molecule has 0 saturated carbocycles. The molecule has 0 N–H and O–H groups in total. The average molecular weight is 161 g/mol. The van der Waals surface area contributed by atoms with Crippen LogP contribution in [-0.2, 0) is 6.42 Å². The van der Waals surface area contributed by atoms with Crippen molar-refractivity contribution < 1.29 is 0 Å². The largest absolute Gasteiger partial charge is 0.150 e. The summed E-state index contributed by atoms with van der Waals surface area (Å²) in [4.78, 5) is 10.4. The van der Waals surface area contributed by atoms with Crippen molar-refractivity contribution >= 4 is 0 Å². The molecule has 1 aliphatic rings. The summed E-state index contributed by atoms with van der Waals surface area (Å²) in [6.07, 6.45) is 1.90. The molecular formula is C10H11NO. The van der Waals surface area contributed by atoms with Gasteiger partial charge < -0.3 is 0 Å². The molecule has 0 spiro atoms. The number of nitroso groups, excluding NO2 is 1. The summed E-state index contributed by atoms with van der Waals surface area (Å²) in [5.74, 6) is 0. The minimum Gasteiger partial charge on any atom is -0.150 e. The molecule has 12 heavy (non-hydrogen) atoms. The zero-order valence-electron chi connectivity index (χ0n) is 7.08. The third-order valence-electron chi connectivity index (χ3n) is 2.47. The Balaban J connectivity index is 2.47. The molecule has 0 amide bonds. The van der Waals surface area contributed by atoms with E-state index in [1.807, 2.05) is 12.1 Å². The van der Waals surface area contributed by atoms with Gasteiger partial charge in [0.25, 0.3) is 0 Å². The van der Waals surface area contributed by atoms with Gasteiger partial charge in [-0.15, -0.1) is 0 Å². The minimum absolute atomic E-state index is 0.0828. The Morgan fingerprint density at radius 2 is 2.33 bits per heavy atom. The second kappa shape index (κ2) is 2.70. The molecule has 2 rings (SSSR count). The molecule has 1 aromatic carbocycles. The highest BCUT2D eigenvalue weighted by molar-refractivity contribution is 5.37. The lowest BCUT2D eigenvalue weighted by molar-refractivity contribution is 0.710. The summed E-state index contributed by atoms with van der Waals surface area (Å²) < 4.78 is 0. The molecular weight excluding hydrogens is 150 g/mol. The van der Waals surface area contributed by atoms with Crippen LogP contribution in [0.4, 0.5) is 0 Å². The molecule has 2 nitrogen and oxygen atoms in total. The smallest absolute Gasteiger partial charge is 0.117 e. The summed E-state index contributed by atoms with van der Waals surface area (Å²) in [6.45, 7) is 2.07. The fourth-order valence-electron chi connectivity index (χ4n) is 1.83. The molecule has 0 saturated heterocycles. The van der Waals surface area contributed by atoms with Gasteiger partial charge in [0.15, 0.2) is 0 Å². The molecule has 1 unspecified atom stereocenters. The monoisotopic (exact) mass is 161 g/mol. The number of benzene rings is 1. The van der Waals surface area contributed by atoms with E-state index in [0.29, 0.717) is 0 Å². The summed E-state index contributed by atoms with van der Waals surface area (Å²) in [7, 11) is 0. The van der Waals surface area contributed by atoms with E-state index in [-0.39, 0.29) is 6.04 Å². The lowest BCUT2D eigenvalue weighted by Gasteiger charge is -2.01. The van der Waals surface area contributed by atoms with E-state index in [9.17, 15) is 4.91 Å². The molecule has 1 atom stereocenters. The van der Waals surface area contributed by atoms with Crippen molar-refractivity contribution in [3.63, 3.8) is 0 Å². The van der Waals surface area contributed by atoms with Gasteiger partial charge in [-0.05, 0) is 30.9 Å². The fraction of sp³-hybridized carbons (Fsp3) is 0.400. The lowest BCUT2D eigenvalue weighted by atomic mass is 10.1. The second-order valence-corrected chi connectivity index (χ2v) is 3.36. The minimum atomic E-state index is -0.0828. The SMILES string of the molecule is Cc1ccc2c(c1)CCC2N=O. The van der Waals surface area contributed by atoms with E-state index in [4.69, 9.17) is 0 Å². The van der Waals surface area contributed by atoms with Gasteiger partial charge in [0.05, 0.1) is 0 Å². The zero-order valence-corrected chi connectivity index (χ0v) is 7.08. The van der Waals surface area contributed by atoms with Gasteiger partial charge in [0.1, 0.15) is 6.04 Å². The van der Waals surface area contributed by atoms with Gasteiger partial charge in [-0.25, -0.2) is 0 Å². The van der Waals surface area contributed by atoms with Crippen LogP contribution >= 0.6 is 0 Å². The molecule has 1 aliphatic carbocycles. The van der Waals surface area contributed by atoms with Crippen molar-refractivity contribution in [3.8, 4) is 0 Å². The Morgan fingerprint density at radius 1 is 1.50 bits per heavy atom. The molecule has 2 heteroatoms. The first-order valence-electron chi connectivity index (χ1n) is 4.23. The third-order valence-corrected chi connectivity index (χ3v) is 2.47. The predicted molar refractivity (Wildman–Crippen MR) is 48.0 cm³/mol. The first-order chi connectivity index (χ1) is 5.81. The molecule has 0 heterocycles. The normalized spacial score (nSPS) is 20.6. The second-order valence-electron chi connectivity index (χ2n) is 3.36. The summed E-state index contributed by atoms with van der Waals surface area (Å²) in [6, 6.07) is 6.15.